The Kier molecular flexibility index (Phi) is 3.38. The Hall–Kier alpha value is -2.38. The van der Waals surface area contributed by atoms with Gasteiger partial charge >= 0.3 is 0 Å². The molecular formula is C29H28O. The van der Waals surface area contributed by atoms with E-state index >= 15 is 0 Å². The normalized spacial score (nSPS) is 38.1. The Bertz CT molecular complexity index is 1100. The maximum Gasteiger partial charge on any atom is 0.126 e. The fourth-order valence-electron chi connectivity index (χ4n) is 8.10. The Morgan fingerprint density at radius 1 is 0.667 bits per heavy atom. The van der Waals surface area contributed by atoms with Crippen LogP contribution in [0.4, 0.5) is 0 Å². The van der Waals surface area contributed by atoms with Crippen molar-refractivity contribution in [3.8, 4) is 0 Å². The zero-order chi connectivity index (χ0) is 19.8. The molecule has 0 radical (unpaired) electrons. The van der Waals surface area contributed by atoms with Crippen LogP contribution in [0, 0.1) is 17.3 Å². The highest BCUT2D eigenvalue weighted by Gasteiger charge is 2.78. The van der Waals surface area contributed by atoms with Crippen molar-refractivity contribution in [2.75, 3.05) is 0 Å². The van der Waals surface area contributed by atoms with Crippen LogP contribution in [0.2, 0.25) is 0 Å². The van der Waals surface area contributed by atoms with Gasteiger partial charge in [-0.05, 0) is 53.9 Å². The maximum atomic E-state index is 7.61. The zero-order valence-corrected chi connectivity index (χ0v) is 17.4. The average molecular weight is 393 g/mol. The van der Waals surface area contributed by atoms with Crippen LogP contribution >= 0.6 is 0 Å². The quantitative estimate of drug-likeness (QED) is 0.466. The lowest BCUT2D eigenvalue weighted by Crippen LogP contribution is -2.51. The summed E-state index contributed by atoms with van der Waals surface area (Å²) in [6.45, 7) is 0. The highest BCUT2D eigenvalue weighted by Crippen LogP contribution is 2.79. The Balaban J connectivity index is 1.62. The van der Waals surface area contributed by atoms with E-state index in [1.807, 2.05) is 0 Å². The zero-order valence-electron chi connectivity index (χ0n) is 17.4. The summed E-state index contributed by atoms with van der Waals surface area (Å²) >= 11 is 0. The van der Waals surface area contributed by atoms with E-state index in [-0.39, 0.29) is 16.6 Å². The van der Waals surface area contributed by atoms with E-state index in [9.17, 15) is 0 Å². The molecule has 0 aromatic heterocycles. The minimum absolute atomic E-state index is 0.186. The molecule has 2 aliphatic heterocycles. The lowest BCUT2D eigenvalue weighted by molar-refractivity contribution is -0.0764. The summed E-state index contributed by atoms with van der Waals surface area (Å²) in [6, 6.07) is 31.5. The molecule has 2 heterocycles. The number of hydrogen-bond donors (Lipinski definition) is 0. The first-order valence-electron chi connectivity index (χ1n) is 11.7. The molecule has 8 rings (SSSR count). The van der Waals surface area contributed by atoms with Gasteiger partial charge in [-0.15, -0.1) is 0 Å². The van der Waals surface area contributed by atoms with Crippen molar-refractivity contribution in [3.63, 3.8) is 0 Å². The van der Waals surface area contributed by atoms with Gasteiger partial charge in [0.1, 0.15) is 11.2 Å². The second kappa shape index (κ2) is 5.86. The van der Waals surface area contributed by atoms with Gasteiger partial charge in [-0.25, -0.2) is 0 Å². The van der Waals surface area contributed by atoms with Crippen LogP contribution in [-0.2, 0) is 15.9 Å². The van der Waals surface area contributed by atoms with E-state index in [4.69, 9.17) is 4.74 Å². The summed E-state index contributed by atoms with van der Waals surface area (Å²) in [4.78, 5) is 0. The summed E-state index contributed by atoms with van der Waals surface area (Å²) < 4.78 is 7.61. The number of hydrogen-bond acceptors (Lipinski definition) is 1. The Morgan fingerprint density at radius 2 is 1.33 bits per heavy atom. The smallest absolute Gasteiger partial charge is 0.126 e. The SMILES string of the molecule is c1ccc([C@]23O[C@](c4ccccc4)(c4ccccc42)C24CCCC(CC2)C[C@@H]43)cc1. The van der Waals surface area contributed by atoms with Gasteiger partial charge in [0.05, 0.1) is 0 Å². The van der Waals surface area contributed by atoms with Crippen LogP contribution in [0.5, 0.6) is 0 Å². The minimum Gasteiger partial charge on any atom is -0.349 e. The molecule has 3 aromatic rings. The van der Waals surface area contributed by atoms with Crippen LogP contribution < -0.4 is 0 Å². The maximum absolute atomic E-state index is 7.61. The van der Waals surface area contributed by atoms with E-state index in [0.717, 1.165) is 5.92 Å². The summed E-state index contributed by atoms with van der Waals surface area (Å²) in [5.41, 5.74) is 5.09. The molecule has 5 aliphatic rings. The number of rotatable bonds is 2. The first kappa shape index (κ1) is 17.3. The van der Waals surface area contributed by atoms with Crippen molar-refractivity contribution in [2.24, 2.45) is 17.3 Å². The van der Waals surface area contributed by atoms with Gasteiger partial charge in [0.2, 0.25) is 0 Å². The van der Waals surface area contributed by atoms with Crippen LogP contribution in [0.15, 0.2) is 84.9 Å². The predicted molar refractivity (Wildman–Crippen MR) is 119 cm³/mol. The molecule has 3 saturated carbocycles. The fraction of sp³-hybridized carbons (Fsp3) is 0.379. The first-order chi connectivity index (χ1) is 14.8. The summed E-state index contributed by atoms with van der Waals surface area (Å²) in [5.74, 6) is 1.40. The molecule has 30 heavy (non-hydrogen) atoms. The summed E-state index contributed by atoms with van der Waals surface area (Å²) in [6.07, 6.45) is 7.97. The summed E-state index contributed by atoms with van der Waals surface area (Å²) in [7, 11) is 0. The molecule has 150 valence electrons. The molecule has 3 aromatic carbocycles. The molecule has 1 nitrogen and oxygen atoms in total. The Labute approximate surface area is 179 Å². The first-order valence-corrected chi connectivity index (χ1v) is 11.7. The molecule has 5 atom stereocenters. The van der Waals surface area contributed by atoms with Crippen molar-refractivity contribution in [1.29, 1.82) is 0 Å². The number of fused-ring (bicyclic) bond motifs is 8. The highest BCUT2D eigenvalue weighted by atomic mass is 16.5. The molecule has 0 amide bonds. The van der Waals surface area contributed by atoms with E-state index in [1.54, 1.807) is 0 Å². The lowest BCUT2D eigenvalue weighted by atomic mass is 9.47. The van der Waals surface area contributed by atoms with Crippen LogP contribution in [0.1, 0.15) is 60.8 Å². The van der Waals surface area contributed by atoms with Gasteiger partial charge in [-0.1, -0.05) is 97.8 Å². The van der Waals surface area contributed by atoms with Crippen molar-refractivity contribution >= 4 is 0 Å². The van der Waals surface area contributed by atoms with Gasteiger partial charge < -0.3 is 4.74 Å². The van der Waals surface area contributed by atoms with Gasteiger partial charge in [0, 0.05) is 11.3 Å². The lowest BCUT2D eigenvalue weighted by Gasteiger charge is -2.53. The van der Waals surface area contributed by atoms with E-state index < -0.39 is 0 Å². The van der Waals surface area contributed by atoms with Crippen molar-refractivity contribution in [1.82, 2.24) is 0 Å². The van der Waals surface area contributed by atoms with Crippen molar-refractivity contribution in [2.45, 2.75) is 49.7 Å². The second-order valence-corrected chi connectivity index (χ2v) is 10.0. The molecule has 1 heteroatoms. The van der Waals surface area contributed by atoms with Crippen LogP contribution in [-0.4, -0.2) is 0 Å². The molecule has 4 fully saturated rings. The molecule has 3 aliphatic carbocycles. The van der Waals surface area contributed by atoms with Crippen LogP contribution in [0.25, 0.3) is 0 Å². The number of ether oxygens (including phenoxy) is 1. The average Bonchev–Trinajstić information content (AvgIpc) is 3.06. The number of benzene rings is 3. The van der Waals surface area contributed by atoms with Gasteiger partial charge in [-0.2, -0.15) is 0 Å². The summed E-state index contributed by atoms with van der Waals surface area (Å²) in [5, 5.41) is 0. The van der Waals surface area contributed by atoms with Crippen molar-refractivity contribution < 1.29 is 4.74 Å². The minimum atomic E-state index is -0.333. The monoisotopic (exact) mass is 392 g/mol. The highest BCUT2D eigenvalue weighted by molar-refractivity contribution is 5.59. The standard InChI is InChI=1S/C29H28O/c1-3-11-22(12-4-1)28-24-15-7-8-16-25(24)29(30-28,23-13-5-2-6-14-23)27-18-9-10-21(17-19-27)20-26(27)28/h1-8,11-16,21,26H,9-10,17-20H2/t21?,26-,27?,28-,29+/m0/s1. The third kappa shape index (κ3) is 1.81. The molecule has 1 saturated heterocycles. The third-order valence-electron chi connectivity index (χ3n) is 9.07. The van der Waals surface area contributed by atoms with Gasteiger partial charge in [0.25, 0.3) is 0 Å². The topological polar surface area (TPSA) is 9.23 Å². The largest absolute Gasteiger partial charge is 0.349 e. The van der Waals surface area contributed by atoms with Gasteiger partial charge in [-0.3, -0.25) is 0 Å². The molecule has 0 N–H and O–H groups in total. The molecule has 4 bridgehead atoms. The molecular weight excluding hydrogens is 364 g/mol. The molecule has 2 unspecified atom stereocenters. The third-order valence-corrected chi connectivity index (χ3v) is 9.07. The van der Waals surface area contributed by atoms with Crippen molar-refractivity contribution in [3.05, 3.63) is 107 Å². The van der Waals surface area contributed by atoms with E-state index in [0.29, 0.717) is 5.92 Å². The predicted octanol–water partition coefficient (Wildman–Crippen LogP) is 6.80. The molecule has 1 spiro atoms. The fourth-order valence-corrected chi connectivity index (χ4v) is 8.10. The van der Waals surface area contributed by atoms with Crippen LogP contribution in [0.3, 0.4) is 0 Å². The van der Waals surface area contributed by atoms with Gasteiger partial charge in [0.15, 0.2) is 0 Å². The second-order valence-electron chi connectivity index (χ2n) is 10.0. The Morgan fingerprint density at radius 3 is 2.10 bits per heavy atom. The van der Waals surface area contributed by atoms with E-state index in [2.05, 4.69) is 84.9 Å². The van der Waals surface area contributed by atoms with E-state index in [1.165, 1.54) is 60.8 Å².